The van der Waals surface area contributed by atoms with E-state index in [2.05, 4.69) is 10.1 Å². The number of methoxy groups -OCH3 is 2. The molecule has 0 radical (unpaired) electrons. The largest absolute Gasteiger partial charge is 0.496 e. The van der Waals surface area contributed by atoms with Crippen molar-refractivity contribution in [2.45, 2.75) is 10.6 Å². The Kier molecular flexibility index (Phi) is 6.57. The zero-order chi connectivity index (χ0) is 26.2. The van der Waals surface area contributed by atoms with Crippen LogP contribution in [0.3, 0.4) is 0 Å². The molecule has 3 aromatic carbocycles. The van der Waals surface area contributed by atoms with Gasteiger partial charge in [-0.3, -0.25) is 4.98 Å². The van der Waals surface area contributed by atoms with Gasteiger partial charge in [-0.05, 0) is 42.0 Å². The van der Waals surface area contributed by atoms with E-state index in [4.69, 9.17) is 25.6 Å². The van der Waals surface area contributed by atoms with E-state index in [-0.39, 0.29) is 16.5 Å². The van der Waals surface area contributed by atoms with Gasteiger partial charge >= 0.3 is 0 Å². The van der Waals surface area contributed by atoms with Crippen LogP contribution in [-0.4, -0.2) is 32.8 Å². The van der Waals surface area contributed by atoms with Gasteiger partial charge in [-0.1, -0.05) is 35.0 Å². The summed E-state index contributed by atoms with van der Waals surface area (Å²) in [5.41, 5.74) is 3.17. The molecule has 7 nitrogen and oxygen atoms in total. The molecule has 0 unspecified atom stereocenters. The molecule has 0 aliphatic rings. The van der Waals surface area contributed by atoms with Crippen molar-refractivity contribution in [3.63, 3.8) is 0 Å². The van der Waals surface area contributed by atoms with Gasteiger partial charge in [-0.25, -0.2) is 12.8 Å². The Morgan fingerprint density at radius 3 is 2.49 bits per heavy atom. The molecule has 10 heteroatoms. The van der Waals surface area contributed by atoms with Crippen molar-refractivity contribution in [3.8, 4) is 33.8 Å². The topological polar surface area (TPSA) is 91.5 Å². The van der Waals surface area contributed by atoms with Crippen LogP contribution in [0.15, 0.2) is 82.5 Å². The van der Waals surface area contributed by atoms with E-state index < -0.39 is 9.84 Å². The molecule has 0 aliphatic carbocycles. The van der Waals surface area contributed by atoms with Gasteiger partial charge in [-0.15, -0.1) is 0 Å². The van der Waals surface area contributed by atoms with Crippen molar-refractivity contribution in [2.75, 3.05) is 14.2 Å². The van der Waals surface area contributed by atoms with Crippen LogP contribution in [0.2, 0.25) is 5.02 Å². The van der Waals surface area contributed by atoms with Crippen LogP contribution in [0.25, 0.3) is 33.2 Å². The minimum atomic E-state index is -3.70. The Hall–Kier alpha value is -3.95. The monoisotopic (exact) mass is 538 g/mol. The summed E-state index contributed by atoms with van der Waals surface area (Å²) >= 11 is 6.67. The first-order valence-electron chi connectivity index (χ1n) is 11.0. The number of hydrogen-bond acceptors (Lipinski definition) is 7. The smallest absolute Gasteiger partial charge is 0.184 e. The molecule has 37 heavy (non-hydrogen) atoms. The highest BCUT2D eigenvalue weighted by molar-refractivity contribution is 7.90. The highest BCUT2D eigenvalue weighted by Crippen LogP contribution is 2.45. The second-order valence-electron chi connectivity index (χ2n) is 8.17. The number of halogens is 2. The summed E-state index contributed by atoms with van der Waals surface area (Å²) in [5, 5.41) is 4.70. The van der Waals surface area contributed by atoms with Crippen LogP contribution in [0.1, 0.15) is 5.69 Å². The number of hydrogen-bond donors (Lipinski definition) is 0. The van der Waals surface area contributed by atoms with Crippen molar-refractivity contribution in [2.24, 2.45) is 0 Å². The molecule has 0 atom stereocenters. The second kappa shape index (κ2) is 9.84. The predicted molar refractivity (Wildman–Crippen MR) is 138 cm³/mol. The van der Waals surface area contributed by atoms with Crippen molar-refractivity contribution >= 4 is 32.3 Å². The first-order chi connectivity index (χ1) is 17.8. The molecule has 0 spiro atoms. The number of pyridine rings is 1. The maximum atomic E-state index is 13.9. The molecule has 2 aromatic heterocycles. The van der Waals surface area contributed by atoms with Crippen molar-refractivity contribution in [3.05, 3.63) is 89.7 Å². The van der Waals surface area contributed by atoms with Crippen LogP contribution in [-0.2, 0) is 15.6 Å². The molecule has 0 N–H and O–H groups in total. The number of fused-ring (bicyclic) bond motifs is 1. The van der Waals surface area contributed by atoms with Gasteiger partial charge in [0.05, 0.1) is 36.5 Å². The van der Waals surface area contributed by atoms with Crippen molar-refractivity contribution < 1.29 is 26.8 Å². The van der Waals surface area contributed by atoms with Gasteiger partial charge in [0, 0.05) is 33.2 Å². The fourth-order valence-corrected chi connectivity index (χ4v) is 5.71. The number of aromatic nitrogens is 2. The SMILES string of the molecule is COc1cc(-c2cccc(F)c2)c(Cl)cc1-c1c(OC)cnc2cc(S(=O)(=O)Cc3ccon3)ccc12. The minimum Gasteiger partial charge on any atom is -0.496 e. The summed E-state index contributed by atoms with van der Waals surface area (Å²) in [6.45, 7) is 0. The molecular formula is C27H20ClFN2O5S. The number of ether oxygens (including phenoxy) is 2. The lowest BCUT2D eigenvalue weighted by Crippen LogP contribution is -2.05. The molecule has 2 heterocycles. The summed E-state index contributed by atoms with van der Waals surface area (Å²) in [7, 11) is -0.665. The Balaban J connectivity index is 1.67. The molecular weight excluding hydrogens is 519 g/mol. The van der Waals surface area contributed by atoms with Gasteiger partial charge in [0.1, 0.15) is 29.3 Å². The number of rotatable bonds is 7. The van der Waals surface area contributed by atoms with E-state index in [1.54, 1.807) is 30.3 Å². The third-order valence-corrected chi connectivity index (χ3v) is 7.87. The van der Waals surface area contributed by atoms with Crippen LogP contribution < -0.4 is 9.47 Å². The molecule has 5 rings (SSSR count). The number of benzene rings is 3. The maximum Gasteiger partial charge on any atom is 0.184 e. The van der Waals surface area contributed by atoms with E-state index in [9.17, 15) is 12.8 Å². The van der Waals surface area contributed by atoms with Gasteiger partial charge in [0.2, 0.25) is 0 Å². The summed E-state index contributed by atoms with van der Waals surface area (Å²) in [6, 6.07) is 15.7. The van der Waals surface area contributed by atoms with Crippen molar-refractivity contribution in [1.82, 2.24) is 10.1 Å². The zero-order valence-corrected chi connectivity index (χ0v) is 21.3. The Morgan fingerprint density at radius 1 is 0.973 bits per heavy atom. The van der Waals surface area contributed by atoms with Crippen LogP contribution in [0.5, 0.6) is 11.5 Å². The molecule has 0 saturated heterocycles. The lowest BCUT2D eigenvalue weighted by Gasteiger charge is -2.17. The number of nitrogens with zero attached hydrogens (tertiary/aromatic N) is 2. The normalized spacial score (nSPS) is 11.6. The standard InChI is InChI=1S/C27H20ClFN2O5S/c1-34-25-13-21(16-4-3-5-17(29)10-16)23(28)12-22(25)27-20-7-6-19(11-24(20)30-14-26(27)35-2)37(32,33)15-18-8-9-36-31-18/h3-14H,15H2,1-2H3. The van der Waals surface area contributed by atoms with E-state index in [1.807, 2.05) is 0 Å². The van der Waals surface area contributed by atoms with Gasteiger partial charge < -0.3 is 14.0 Å². The van der Waals surface area contributed by atoms with E-state index in [1.165, 1.54) is 57.0 Å². The molecule has 0 bridgehead atoms. The van der Waals surface area contributed by atoms with E-state index in [0.717, 1.165) is 0 Å². The highest BCUT2D eigenvalue weighted by Gasteiger charge is 2.22. The van der Waals surface area contributed by atoms with Gasteiger partial charge in [0.25, 0.3) is 0 Å². The first kappa shape index (κ1) is 24.7. The van der Waals surface area contributed by atoms with Gasteiger partial charge in [0.15, 0.2) is 9.84 Å². The molecule has 0 saturated carbocycles. The maximum absolute atomic E-state index is 13.9. The quantitative estimate of drug-likeness (QED) is 0.239. The zero-order valence-electron chi connectivity index (χ0n) is 19.7. The van der Waals surface area contributed by atoms with E-state index in [0.29, 0.717) is 55.4 Å². The lowest BCUT2D eigenvalue weighted by atomic mass is 9.96. The highest BCUT2D eigenvalue weighted by atomic mass is 35.5. The van der Waals surface area contributed by atoms with Crippen LogP contribution >= 0.6 is 11.6 Å². The van der Waals surface area contributed by atoms with Crippen LogP contribution in [0, 0.1) is 5.82 Å². The third-order valence-electron chi connectivity index (χ3n) is 5.91. The first-order valence-corrected chi connectivity index (χ1v) is 13.1. The summed E-state index contributed by atoms with van der Waals surface area (Å²) in [5.74, 6) is 0.228. The molecule has 5 aromatic rings. The Labute approximate surface area is 217 Å². The summed E-state index contributed by atoms with van der Waals surface area (Å²) in [6.07, 6.45) is 2.84. The molecule has 0 aliphatic heterocycles. The summed E-state index contributed by atoms with van der Waals surface area (Å²) in [4.78, 5) is 4.52. The average molecular weight is 539 g/mol. The Bertz CT molecular complexity index is 1720. The third kappa shape index (κ3) is 4.75. The molecule has 0 fully saturated rings. The number of sulfone groups is 1. The van der Waals surface area contributed by atoms with Crippen molar-refractivity contribution in [1.29, 1.82) is 0 Å². The molecule has 188 valence electrons. The van der Waals surface area contributed by atoms with E-state index >= 15 is 0 Å². The second-order valence-corrected chi connectivity index (χ2v) is 10.6. The minimum absolute atomic E-state index is 0.0954. The summed E-state index contributed by atoms with van der Waals surface area (Å²) < 4.78 is 55.8. The lowest BCUT2D eigenvalue weighted by molar-refractivity contribution is 0.410. The fraction of sp³-hybridized carbons (Fsp3) is 0.111. The van der Waals surface area contributed by atoms with Crippen LogP contribution in [0.4, 0.5) is 4.39 Å². The predicted octanol–water partition coefficient (Wildman–Crippen LogP) is 6.34. The molecule has 0 amide bonds. The Morgan fingerprint density at radius 2 is 1.78 bits per heavy atom. The fourth-order valence-electron chi connectivity index (χ4n) is 4.17. The van der Waals surface area contributed by atoms with Gasteiger partial charge in [-0.2, -0.15) is 0 Å². The average Bonchev–Trinajstić information content (AvgIpc) is 3.39.